The third kappa shape index (κ3) is 4.41. The number of nitrogens with zero attached hydrogens (tertiary/aromatic N) is 3. The first-order valence-corrected chi connectivity index (χ1v) is 7.87. The average Bonchev–Trinajstić information content (AvgIpc) is 2.57. The van der Waals surface area contributed by atoms with Crippen molar-refractivity contribution >= 4 is 34.6 Å². The Hall–Kier alpha value is -3.22. The van der Waals surface area contributed by atoms with Gasteiger partial charge in [0, 0.05) is 23.7 Å². The number of allylic oxidation sites excluding steroid dienone is 2. The van der Waals surface area contributed by atoms with E-state index in [1.165, 1.54) is 6.21 Å². The molecular formula is C18H23N7. The van der Waals surface area contributed by atoms with E-state index in [4.69, 9.17) is 22.6 Å². The number of nitrogens with one attached hydrogen (secondary N) is 1. The molecule has 130 valence electrons. The Morgan fingerprint density at radius 1 is 1.20 bits per heavy atom. The van der Waals surface area contributed by atoms with E-state index < -0.39 is 0 Å². The number of aliphatic imine (C=N–C) groups is 1. The van der Waals surface area contributed by atoms with E-state index in [1.807, 2.05) is 26.0 Å². The Morgan fingerprint density at radius 3 is 2.52 bits per heavy atom. The summed E-state index contributed by atoms with van der Waals surface area (Å²) in [6.45, 7) is 5.71. The van der Waals surface area contributed by atoms with Crippen LogP contribution in [0.5, 0.6) is 0 Å². The number of hydrogen-bond donors (Lipinski definition) is 4. The molecule has 0 unspecified atom stereocenters. The summed E-state index contributed by atoms with van der Waals surface area (Å²) in [4.78, 5) is 13.1. The molecular weight excluding hydrogens is 314 g/mol. The highest BCUT2D eigenvalue weighted by Crippen LogP contribution is 2.19. The first-order valence-electron chi connectivity index (χ1n) is 7.87. The number of pyridine rings is 2. The number of rotatable bonds is 5. The molecule has 7 nitrogen and oxygen atoms in total. The molecule has 2 heterocycles. The molecule has 7 heteroatoms. The molecule has 0 fully saturated rings. The maximum Gasteiger partial charge on any atom is 0.155 e. The fourth-order valence-corrected chi connectivity index (χ4v) is 2.14. The maximum atomic E-state index is 7.42. The molecule has 0 radical (unpaired) electrons. The Labute approximate surface area is 146 Å². The predicted molar refractivity (Wildman–Crippen MR) is 103 cm³/mol. The van der Waals surface area contributed by atoms with Gasteiger partial charge in [0.25, 0.3) is 0 Å². The zero-order valence-corrected chi connectivity index (χ0v) is 14.6. The second kappa shape index (κ2) is 7.57. The van der Waals surface area contributed by atoms with E-state index in [2.05, 4.69) is 15.0 Å². The standard InChI is InChI=1S/C18H23N7/c1-10(2)12(8-19)7-16(21)25-17-5-4-14-15(24-17)6-13(9-23-14)18(22)11(3)20/h4-10,19H,20,22H2,1-3H3,(H2,21,24,25). The van der Waals surface area contributed by atoms with E-state index >= 15 is 0 Å². The topological polar surface area (TPSA) is 140 Å². The van der Waals surface area contributed by atoms with Crippen LogP contribution in [0.4, 0.5) is 5.82 Å². The summed E-state index contributed by atoms with van der Waals surface area (Å²) in [6.07, 6.45) is 4.62. The van der Waals surface area contributed by atoms with Crippen LogP contribution in [0.2, 0.25) is 0 Å². The fourth-order valence-electron chi connectivity index (χ4n) is 2.14. The van der Waals surface area contributed by atoms with E-state index in [0.717, 1.165) is 11.1 Å². The van der Waals surface area contributed by atoms with E-state index in [0.29, 0.717) is 34.1 Å². The van der Waals surface area contributed by atoms with E-state index in [9.17, 15) is 0 Å². The second-order valence-electron chi connectivity index (χ2n) is 6.01. The van der Waals surface area contributed by atoms with Crippen LogP contribution in [0.15, 0.2) is 46.7 Å². The molecule has 0 spiro atoms. The number of nitrogens with two attached hydrogens (primary N) is 3. The average molecular weight is 337 g/mol. The van der Waals surface area contributed by atoms with Crippen LogP contribution in [0.3, 0.4) is 0 Å². The molecule has 7 N–H and O–H groups in total. The number of amidine groups is 1. The fraction of sp³-hybridized carbons (Fsp3) is 0.222. The van der Waals surface area contributed by atoms with Crippen molar-refractivity contribution in [3.8, 4) is 0 Å². The van der Waals surface area contributed by atoms with Crippen LogP contribution in [0.1, 0.15) is 26.3 Å². The van der Waals surface area contributed by atoms with Gasteiger partial charge in [-0.3, -0.25) is 4.98 Å². The number of aromatic nitrogens is 2. The van der Waals surface area contributed by atoms with Crippen molar-refractivity contribution in [1.29, 1.82) is 5.41 Å². The van der Waals surface area contributed by atoms with Crippen molar-refractivity contribution in [2.75, 3.05) is 0 Å². The van der Waals surface area contributed by atoms with Crippen molar-refractivity contribution in [1.82, 2.24) is 9.97 Å². The van der Waals surface area contributed by atoms with Crippen molar-refractivity contribution in [3.05, 3.63) is 47.3 Å². The van der Waals surface area contributed by atoms with Crippen LogP contribution in [-0.4, -0.2) is 22.0 Å². The molecule has 0 aliphatic heterocycles. The van der Waals surface area contributed by atoms with Crippen LogP contribution in [-0.2, 0) is 0 Å². The molecule has 2 rings (SSSR count). The predicted octanol–water partition coefficient (Wildman–Crippen LogP) is 2.46. The Balaban J connectivity index is 2.45. The summed E-state index contributed by atoms with van der Waals surface area (Å²) in [6, 6.07) is 5.37. The van der Waals surface area contributed by atoms with Crippen LogP contribution in [0, 0.1) is 11.3 Å². The highest BCUT2D eigenvalue weighted by atomic mass is 15.0. The second-order valence-corrected chi connectivity index (χ2v) is 6.01. The van der Waals surface area contributed by atoms with Crippen molar-refractivity contribution in [2.24, 2.45) is 28.1 Å². The minimum Gasteiger partial charge on any atom is -0.401 e. The van der Waals surface area contributed by atoms with Crippen molar-refractivity contribution in [2.45, 2.75) is 20.8 Å². The molecule has 0 aliphatic rings. The van der Waals surface area contributed by atoms with E-state index in [-0.39, 0.29) is 5.92 Å². The van der Waals surface area contributed by atoms with Crippen molar-refractivity contribution < 1.29 is 0 Å². The maximum absolute atomic E-state index is 7.42. The SMILES string of the molecule is CC(N)=C(N)c1cnc2ccc(N=C(N)C=C(C=N)C(C)C)nc2c1. The molecule has 2 aromatic rings. The van der Waals surface area contributed by atoms with Gasteiger partial charge in [-0.1, -0.05) is 13.8 Å². The largest absolute Gasteiger partial charge is 0.401 e. The van der Waals surface area contributed by atoms with Gasteiger partial charge in [-0.15, -0.1) is 0 Å². The van der Waals surface area contributed by atoms with E-state index in [1.54, 1.807) is 25.3 Å². The van der Waals surface area contributed by atoms with Gasteiger partial charge in [0.15, 0.2) is 5.82 Å². The molecule has 0 aliphatic carbocycles. The lowest BCUT2D eigenvalue weighted by atomic mass is 10.0. The monoisotopic (exact) mass is 337 g/mol. The summed E-state index contributed by atoms with van der Waals surface area (Å²) >= 11 is 0. The lowest BCUT2D eigenvalue weighted by Gasteiger charge is -2.06. The summed E-state index contributed by atoms with van der Waals surface area (Å²) in [5.41, 5.74) is 21.5. The van der Waals surface area contributed by atoms with Gasteiger partial charge in [-0.05, 0) is 42.7 Å². The summed E-state index contributed by atoms with van der Waals surface area (Å²) < 4.78 is 0. The van der Waals surface area contributed by atoms with Gasteiger partial charge < -0.3 is 22.6 Å². The Kier molecular flexibility index (Phi) is 5.49. The zero-order valence-electron chi connectivity index (χ0n) is 14.6. The molecule has 25 heavy (non-hydrogen) atoms. The Morgan fingerprint density at radius 2 is 1.92 bits per heavy atom. The highest BCUT2D eigenvalue weighted by Gasteiger charge is 2.05. The zero-order chi connectivity index (χ0) is 18.6. The van der Waals surface area contributed by atoms with Gasteiger partial charge in [0.05, 0.1) is 16.7 Å². The minimum absolute atomic E-state index is 0.192. The van der Waals surface area contributed by atoms with Gasteiger partial charge in [0.2, 0.25) is 0 Å². The molecule has 0 atom stereocenters. The van der Waals surface area contributed by atoms with Crippen LogP contribution >= 0.6 is 0 Å². The first-order chi connectivity index (χ1) is 11.8. The quantitative estimate of drug-likeness (QED) is 0.490. The van der Waals surface area contributed by atoms with Crippen LogP contribution < -0.4 is 17.2 Å². The number of fused-ring (bicyclic) bond motifs is 1. The third-order valence-electron chi connectivity index (χ3n) is 3.65. The van der Waals surface area contributed by atoms with Gasteiger partial charge >= 0.3 is 0 Å². The summed E-state index contributed by atoms with van der Waals surface area (Å²) in [5, 5.41) is 7.42. The first kappa shape index (κ1) is 18.1. The highest BCUT2D eigenvalue weighted by molar-refractivity contribution is 5.98. The molecule has 2 aromatic heterocycles. The molecule has 0 saturated carbocycles. The molecule has 0 saturated heterocycles. The minimum atomic E-state index is 0.192. The van der Waals surface area contributed by atoms with Gasteiger partial charge in [-0.25, -0.2) is 9.98 Å². The normalized spacial score (nSPS) is 13.9. The molecule has 0 bridgehead atoms. The van der Waals surface area contributed by atoms with Crippen LogP contribution in [0.25, 0.3) is 16.7 Å². The smallest absolute Gasteiger partial charge is 0.155 e. The Bertz CT molecular complexity index is 887. The summed E-state index contributed by atoms with van der Waals surface area (Å²) in [7, 11) is 0. The lowest BCUT2D eigenvalue weighted by Crippen LogP contribution is -2.10. The van der Waals surface area contributed by atoms with Gasteiger partial charge in [-0.2, -0.15) is 0 Å². The lowest BCUT2D eigenvalue weighted by molar-refractivity contribution is 0.806. The number of hydrogen-bond acceptors (Lipinski definition) is 6. The van der Waals surface area contributed by atoms with Crippen molar-refractivity contribution in [3.63, 3.8) is 0 Å². The van der Waals surface area contributed by atoms with Gasteiger partial charge in [0.1, 0.15) is 5.84 Å². The summed E-state index contributed by atoms with van der Waals surface area (Å²) in [5.74, 6) is 0.942. The molecule has 0 aromatic carbocycles. The molecule has 0 amide bonds. The third-order valence-corrected chi connectivity index (χ3v) is 3.65.